The third kappa shape index (κ3) is 4.91. The number of benzene rings is 2. The van der Waals surface area contributed by atoms with E-state index < -0.39 is 15.8 Å². The van der Waals surface area contributed by atoms with E-state index in [4.69, 9.17) is 0 Å². The largest absolute Gasteiger partial charge is 0.326 e. The summed E-state index contributed by atoms with van der Waals surface area (Å²) in [5.74, 6) is -0.686. The van der Waals surface area contributed by atoms with Crippen molar-refractivity contribution in [1.29, 1.82) is 0 Å². The van der Waals surface area contributed by atoms with Gasteiger partial charge in [-0.25, -0.2) is 12.8 Å². The molecule has 0 aromatic heterocycles. The fourth-order valence-corrected chi connectivity index (χ4v) is 4.35. The molecule has 0 aliphatic carbocycles. The van der Waals surface area contributed by atoms with Crippen molar-refractivity contribution in [2.24, 2.45) is 0 Å². The van der Waals surface area contributed by atoms with Crippen LogP contribution in [0.5, 0.6) is 0 Å². The SMILES string of the molecule is CN1CCN(S(=O)(=O)c2ccc(NC(=O)Cc3cccc(F)c3)cc2)CC1. The second kappa shape index (κ2) is 8.16. The number of rotatable bonds is 5. The normalized spacial score (nSPS) is 16.2. The van der Waals surface area contributed by atoms with E-state index in [2.05, 4.69) is 10.2 Å². The third-order valence-corrected chi connectivity index (χ3v) is 6.40. The molecule has 1 heterocycles. The average Bonchev–Trinajstić information content (AvgIpc) is 2.62. The van der Waals surface area contributed by atoms with Crippen LogP contribution in [0.15, 0.2) is 53.4 Å². The second-order valence-corrected chi connectivity index (χ2v) is 8.52. The molecule has 0 radical (unpaired) electrons. The number of piperazine rings is 1. The molecule has 1 fully saturated rings. The van der Waals surface area contributed by atoms with Crippen LogP contribution in [0.25, 0.3) is 0 Å². The van der Waals surface area contributed by atoms with Gasteiger partial charge >= 0.3 is 0 Å². The summed E-state index contributed by atoms with van der Waals surface area (Å²) < 4.78 is 40.0. The quantitative estimate of drug-likeness (QED) is 0.846. The van der Waals surface area contributed by atoms with Gasteiger partial charge in [0.1, 0.15) is 5.82 Å². The lowest BCUT2D eigenvalue weighted by molar-refractivity contribution is -0.115. The molecular formula is C19H22FN3O3S. The molecule has 3 rings (SSSR count). The lowest BCUT2D eigenvalue weighted by Gasteiger charge is -2.31. The van der Waals surface area contributed by atoms with Crippen molar-refractivity contribution in [2.75, 3.05) is 38.5 Å². The summed E-state index contributed by atoms with van der Waals surface area (Å²) in [4.78, 5) is 14.4. The zero-order chi connectivity index (χ0) is 19.4. The molecule has 2 aromatic carbocycles. The average molecular weight is 391 g/mol. The number of nitrogens with one attached hydrogen (secondary N) is 1. The number of likely N-dealkylation sites (N-methyl/N-ethyl adjacent to an activating group) is 1. The maximum atomic E-state index is 13.2. The first-order valence-corrected chi connectivity index (χ1v) is 10.1. The molecule has 0 saturated carbocycles. The molecule has 144 valence electrons. The van der Waals surface area contributed by atoms with E-state index in [1.54, 1.807) is 24.3 Å². The molecule has 6 nitrogen and oxygen atoms in total. The number of anilines is 1. The molecular weight excluding hydrogens is 369 g/mol. The number of sulfonamides is 1. The van der Waals surface area contributed by atoms with E-state index in [9.17, 15) is 17.6 Å². The molecule has 0 bridgehead atoms. The van der Waals surface area contributed by atoms with Gasteiger partial charge in [-0.05, 0) is 49.0 Å². The van der Waals surface area contributed by atoms with Gasteiger partial charge < -0.3 is 10.2 Å². The molecule has 1 amide bonds. The Morgan fingerprint density at radius 1 is 1.07 bits per heavy atom. The minimum absolute atomic E-state index is 0.0408. The summed E-state index contributed by atoms with van der Waals surface area (Å²) in [6.45, 7) is 2.33. The lowest BCUT2D eigenvalue weighted by atomic mass is 10.1. The van der Waals surface area contributed by atoms with Crippen LogP contribution in [0.1, 0.15) is 5.56 Å². The van der Waals surface area contributed by atoms with Gasteiger partial charge in [-0.2, -0.15) is 4.31 Å². The summed E-state index contributed by atoms with van der Waals surface area (Å²) >= 11 is 0. The Balaban J connectivity index is 1.63. The van der Waals surface area contributed by atoms with E-state index in [0.717, 1.165) is 0 Å². The van der Waals surface area contributed by atoms with Crippen molar-refractivity contribution in [3.8, 4) is 0 Å². The van der Waals surface area contributed by atoms with Crippen LogP contribution in [0.2, 0.25) is 0 Å². The smallest absolute Gasteiger partial charge is 0.243 e. The number of hydrogen-bond donors (Lipinski definition) is 1. The van der Waals surface area contributed by atoms with Crippen LogP contribution < -0.4 is 5.32 Å². The van der Waals surface area contributed by atoms with Gasteiger partial charge in [-0.1, -0.05) is 12.1 Å². The van der Waals surface area contributed by atoms with Gasteiger partial charge in [0.05, 0.1) is 11.3 Å². The zero-order valence-electron chi connectivity index (χ0n) is 15.1. The monoisotopic (exact) mass is 391 g/mol. The number of carbonyl (C=O) groups is 1. The van der Waals surface area contributed by atoms with E-state index >= 15 is 0 Å². The summed E-state index contributed by atoms with van der Waals surface area (Å²) in [5.41, 5.74) is 1.07. The highest BCUT2D eigenvalue weighted by atomic mass is 32.2. The number of nitrogens with zero attached hydrogens (tertiary/aromatic N) is 2. The Kier molecular flexibility index (Phi) is 5.88. The van der Waals surface area contributed by atoms with Crippen molar-refractivity contribution in [2.45, 2.75) is 11.3 Å². The summed E-state index contributed by atoms with van der Waals surface area (Å²) in [6.07, 6.45) is 0.0408. The van der Waals surface area contributed by atoms with Crippen molar-refractivity contribution in [1.82, 2.24) is 9.21 Å². The Morgan fingerprint density at radius 3 is 2.37 bits per heavy atom. The Morgan fingerprint density at radius 2 is 1.74 bits per heavy atom. The van der Waals surface area contributed by atoms with Crippen LogP contribution in [-0.2, 0) is 21.2 Å². The highest BCUT2D eigenvalue weighted by Gasteiger charge is 2.27. The molecule has 2 aromatic rings. The number of amides is 1. The maximum absolute atomic E-state index is 13.2. The second-order valence-electron chi connectivity index (χ2n) is 6.59. The fraction of sp³-hybridized carbons (Fsp3) is 0.316. The summed E-state index contributed by atoms with van der Waals surface area (Å²) in [5, 5.41) is 2.70. The topological polar surface area (TPSA) is 69.7 Å². The van der Waals surface area contributed by atoms with Gasteiger partial charge in [0.2, 0.25) is 15.9 Å². The first-order valence-electron chi connectivity index (χ1n) is 8.68. The Hall–Kier alpha value is -2.29. The number of carbonyl (C=O) groups excluding carboxylic acids is 1. The van der Waals surface area contributed by atoms with Crippen molar-refractivity contribution in [3.05, 3.63) is 59.9 Å². The molecule has 1 saturated heterocycles. The first kappa shape index (κ1) is 19.5. The molecule has 0 atom stereocenters. The minimum Gasteiger partial charge on any atom is -0.326 e. The van der Waals surface area contributed by atoms with Crippen LogP contribution >= 0.6 is 0 Å². The molecule has 0 spiro atoms. The predicted molar refractivity (Wildman–Crippen MR) is 101 cm³/mol. The Bertz CT molecular complexity index is 908. The van der Waals surface area contributed by atoms with Gasteiger partial charge in [0.25, 0.3) is 0 Å². The zero-order valence-corrected chi connectivity index (χ0v) is 15.9. The minimum atomic E-state index is -3.53. The van der Waals surface area contributed by atoms with Crippen LogP contribution in [0, 0.1) is 5.82 Å². The molecule has 1 N–H and O–H groups in total. The highest BCUT2D eigenvalue weighted by molar-refractivity contribution is 7.89. The van der Waals surface area contributed by atoms with Gasteiger partial charge in [-0.3, -0.25) is 4.79 Å². The van der Waals surface area contributed by atoms with E-state index in [-0.39, 0.29) is 17.2 Å². The van der Waals surface area contributed by atoms with Crippen molar-refractivity contribution >= 4 is 21.6 Å². The van der Waals surface area contributed by atoms with E-state index in [1.165, 1.54) is 28.6 Å². The third-order valence-electron chi connectivity index (χ3n) is 4.49. The van der Waals surface area contributed by atoms with Crippen LogP contribution in [-0.4, -0.2) is 56.8 Å². The Labute approximate surface area is 158 Å². The molecule has 27 heavy (non-hydrogen) atoms. The van der Waals surface area contributed by atoms with Crippen molar-refractivity contribution < 1.29 is 17.6 Å². The molecule has 1 aliphatic rings. The highest BCUT2D eigenvalue weighted by Crippen LogP contribution is 2.20. The molecule has 1 aliphatic heterocycles. The lowest BCUT2D eigenvalue weighted by Crippen LogP contribution is -2.46. The van der Waals surface area contributed by atoms with Gasteiger partial charge in [0, 0.05) is 31.9 Å². The summed E-state index contributed by atoms with van der Waals surface area (Å²) in [6, 6.07) is 12.0. The maximum Gasteiger partial charge on any atom is 0.243 e. The number of halogens is 1. The first-order chi connectivity index (χ1) is 12.8. The summed E-state index contributed by atoms with van der Waals surface area (Å²) in [7, 11) is -1.57. The van der Waals surface area contributed by atoms with Gasteiger partial charge in [0.15, 0.2) is 0 Å². The molecule has 8 heteroatoms. The van der Waals surface area contributed by atoms with Crippen molar-refractivity contribution in [3.63, 3.8) is 0 Å². The van der Waals surface area contributed by atoms with Crippen LogP contribution in [0.3, 0.4) is 0 Å². The van der Waals surface area contributed by atoms with Crippen LogP contribution in [0.4, 0.5) is 10.1 Å². The standard InChI is InChI=1S/C19H22FN3O3S/c1-22-9-11-23(12-10-22)27(25,26)18-7-5-17(6-8-18)21-19(24)14-15-3-2-4-16(20)13-15/h2-8,13H,9-12,14H2,1H3,(H,21,24). The number of hydrogen-bond acceptors (Lipinski definition) is 4. The fourth-order valence-electron chi connectivity index (χ4n) is 2.93. The predicted octanol–water partition coefficient (Wildman–Crippen LogP) is 1.94. The van der Waals surface area contributed by atoms with E-state index in [1.807, 2.05) is 7.05 Å². The van der Waals surface area contributed by atoms with Gasteiger partial charge in [-0.15, -0.1) is 0 Å². The van der Waals surface area contributed by atoms with E-state index in [0.29, 0.717) is 37.4 Å². The molecule has 0 unspecified atom stereocenters.